The van der Waals surface area contributed by atoms with Crippen molar-refractivity contribution in [1.29, 1.82) is 0 Å². The number of aromatic nitrogens is 1. The average Bonchev–Trinajstić information content (AvgIpc) is 2.07. The van der Waals surface area contributed by atoms with Gasteiger partial charge in [-0.3, -0.25) is 4.79 Å². The van der Waals surface area contributed by atoms with Gasteiger partial charge in [0.1, 0.15) is 3.70 Å². The van der Waals surface area contributed by atoms with Crippen LogP contribution in [0.5, 0.6) is 5.75 Å². The number of nitrogens with zero attached hydrogens (tertiary/aromatic N) is 1. The van der Waals surface area contributed by atoms with Gasteiger partial charge in [0.2, 0.25) is 0 Å². The Morgan fingerprint density at radius 2 is 2.21 bits per heavy atom. The highest BCUT2D eigenvalue weighted by Gasteiger charge is 2.21. The molecule has 0 saturated heterocycles. The zero-order valence-electron chi connectivity index (χ0n) is 6.47. The van der Waals surface area contributed by atoms with Crippen LogP contribution in [0.25, 0.3) is 0 Å². The van der Waals surface area contributed by atoms with Crippen LogP contribution in [0.3, 0.4) is 0 Å². The minimum Gasteiger partial charge on any atom is -0.505 e. The first kappa shape index (κ1) is 11.6. The Morgan fingerprint density at radius 3 is 2.64 bits per heavy atom. The van der Waals surface area contributed by atoms with Gasteiger partial charge in [0.05, 0.1) is 5.56 Å². The molecule has 0 aliphatic rings. The molecule has 1 rings (SSSR count). The van der Waals surface area contributed by atoms with Gasteiger partial charge in [0.25, 0.3) is 11.7 Å². The van der Waals surface area contributed by atoms with E-state index in [1.54, 1.807) is 22.6 Å². The van der Waals surface area contributed by atoms with Crippen LogP contribution < -0.4 is 0 Å². The molecule has 1 N–H and O–H groups in total. The van der Waals surface area contributed by atoms with Crippen molar-refractivity contribution in [2.75, 3.05) is 0 Å². The van der Waals surface area contributed by atoms with Crippen LogP contribution in [-0.4, -0.2) is 15.3 Å². The quantitative estimate of drug-likeness (QED) is 0.514. The number of aromatic hydroxyl groups is 1. The smallest absolute Gasteiger partial charge is 0.274 e. The molecule has 3 nitrogen and oxygen atoms in total. The van der Waals surface area contributed by atoms with Gasteiger partial charge in [-0.25, -0.2) is 13.8 Å². The summed E-state index contributed by atoms with van der Waals surface area (Å²) in [5.41, 5.74) is -1.19. The normalized spacial score (nSPS) is 10.6. The maximum Gasteiger partial charge on any atom is 0.274 e. The molecule has 0 aliphatic heterocycles. The molecule has 0 amide bonds. The van der Waals surface area contributed by atoms with Gasteiger partial charge in [-0.05, 0) is 40.3 Å². The number of carbonyl (C=O) groups excluding carboxylic acids is 1. The van der Waals surface area contributed by atoms with Crippen molar-refractivity contribution in [3.05, 3.63) is 21.0 Å². The van der Waals surface area contributed by atoms with E-state index in [1.807, 2.05) is 0 Å². The summed E-state index contributed by atoms with van der Waals surface area (Å²) < 4.78 is 24.8. The summed E-state index contributed by atoms with van der Waals surface area (Å²) in [6.45, 7) is 0. The lowest BCUT2D eigenvalue weighted by Gasteiger charge is -2.06. The molecule has 7 heteroatoms. The van der Waals surface area contributed by atoms with E-state index < -0.39 is 28.7 Å². The lowest BCUT2D eigenvalue weighted by molar-refractivity contribution is 0.107. The third-order valence-corrected chi connectivity index (χ3v) is 2.14. The number of alkyl halides is 2. The van der Waals surface area contributed by atoms with Gasteiger partial charge >= 0.3 is 0 Å². The molecule has 1 heterocycles. The average molecular weight is 333 g/mol. The maximum atomic E-state index is 12.3. The van der Waals surface area contributed by atoms with Crippen molar-refractivity contribution in [3.63, 3.8) is 0 Å². The molecule has 0 saturated carbocycles. The number of halogens is 4. The fraction of sp³-hybridized carbons (Fsp3) is 0.143. The highest BCUT2D eigenvalue weighted by molar-refractivity contribution is 14.1. The Balaban J connectivity index is 3.40. The first-order valence-corrected chi connectivity index (χ1v) is 4.76. The molecule has 1 aromatic heterocycles. The number of carbonyl (C=O) groups is 1. The molecule has 0 fully saturated rings. The van der Waals surface area contributed by atoms with E-state index in [-0.39, 0.29) is 3.70 Å². The third-order valence-electron chi connectivity index (χ3n) is 1.41. The summed E-state index contributed by atoms with van der Waals surface area (Å²) in [4.78, 5) is 14.2. The Bertz CT molecular complexity index is 386. The Labute approximate surface area is 96.2 Å². The van der Waals surface area contributed by atoms with E-state index in [0.717, 1.165) is 6.07 Å². The zero-order chi connectivity index (χ0) is 10.9. The SMILES string of the molecule is O=C(Cl)c1nc(I)cc(C(F)F)c1O. The first-order chi connectivity index (χ1) is 6.43. The number of rotatable bonds is 2. The second-order valence-electron chi connectivity index (χ2n) is 2.31. The summed E-state index contributed by atoms with van der Waals surface area (Å²) in [5.74, 6) is -0.861. The van der Waals surface area contributed by atoms with Crippen molar-refractivity contribution in [3.8, 4) is 5.75 Å². The molecule has 0 unspecified atom stereocenters. The predicted molar refractivity (Wildman–Crippen MR) is 53.8 cm³/mol. The summed E-state index contributed by atoms with van der Waals surface area (Å²) in [5, 5.41) is 8.14. The van der Waals surface area contributed by atoms with Crippen molar-refractivity contribution in [2.45, 2.75) is 6.43 Å². The molecule has 1 aromatic rings. The fourth-order valence-corrected chi connectivity index (χ4v) is 1.54. The highest BCUT2D eigenvalue weighted by Crippen LogP contribution is 2.31. The van der Waals surface area contributed by atoms with Crippen LogP contribution in [0, 0.1) is 3.70 Å². The Morgan fingerprint density at radius 1 is 1.64 bits per heavy atom. The van der Waals surface area contributed by atoms with Crippen LogP contribution in [-0.2, 0) is 0 Å². The second-order valence-corrected chi connectivity index (χ2v) is 3.75. The molecule has 0 atom stereocenters. The van der Waals surface area contributed by atoms with Crippen LogP contribution in [0.15, 0.2) is 6.07 Å². The number of hydrogen-bond donors (Lipinski definition) is 1. The first-order valence-electron chi connectivity index (χ1n) is 3.31. The Kier molecular flexibility index (Phi) is 3.59. The number of pyridine rings is 1. The van der Waals surface area contributed by atoms with E-state index >= 15 is 0 Å². The van der Waals surface area contributed by atoms with E-state index in [1.165, 1.54) is 0 Å². The van der Waals surface area contributed by atoms with Crippen LogP contribution in [0.4, 0.5) is 8.78 Å². The van der Waals surface area contributed by atoms with Gasteiger partial charge in [-0.2, -0.15) is 0 Å². The standard InChI is InChI=1S/C7H3ClF2INO2/c8-6(14)4-5(13)2(7(9)10)1-3(11)12-4/h1,7,13H. The minimum absolute atomic E-state index is 0.166. The molecule has 0 aliphatic carbocycles. The van der Waals surface area contributed by atoms with Gasteiger partial charge in [0.15, 0.2) is 11.4 Å². The van der Waals surface area contributed by atoms with E-state index in [0.29, 0.717) is 0 Å². The van der Waals surface area contributed by atoms with Gasteiger partial charge in [-0.1, -0.05) is 0 Å². The molecular formula is C7H3ClF2INO2. The molecule has 0 bridgehead atoms. The van der Waals surface area contributed by atoms with Crippen molar-refractivity contribution in [2.24, 2.45) is 0 Å². The topological polar surface area (TPSA) is 50.2 Å². The zero-order valence-corrected chi connectivity index (χ0v) is 9.38. The van der Waals surface area contributed by atoms with Crippen LogP contribution >= 0.6 is 34.2 Å². The van der Waals surface area contributed by atoms with Crippen LogP contribution in [0.1, 0.15) is 22.5 Å². The maximum absolute atomic E-state index is 12.3. The van der Waals surface area contributed by atoms with Gasteiger partial charge in [0, 0.05) is 0 Å². The molecule has 14 heavy (non-hydrogen) atoms. The monoisotopic (exact) mass is 333 g/mol. The lowest BCUT2D eigenvalue weighted by Crippen LogP contribution is -2.00. The summed E-state index contributed by atoms with van der Waals surface area (Å²) >= 11 is 6.70. The van der Waals surface area contributed by atoms with Crippen molar-refractivity contribution in [1.82, 2.24) is 4.98 Å². The minimum atomic E-state index is -2.87. The summed E-state index contributed by atoms with van der Waals surface area (Å²) in [6.07, 6.45) is -2.87. The summed E-state index contributed by atoms with van der Waals surface area (Å²) in [6, 6.07) is 0.990. The highest BCUT2D eigenvalue weighted by atomic mass is 127. The van der Waals surface area contributed by atoms with Gasteiger partial charge < -0.3 is 5.11 Å². The molecular weight excluding hydrogens is 330 g/mol. The largest absolute Gasteiger partial charge is 0.505 e. The van der Waals surface area contributed by atoms with E-state index in [2.05, 4.69) is 4.98 Å². The molecule has 0 aromatic carbocycles. The van der Waals surface area contributed by atoms with Gasteiger partial charge in [-0.15, -0.1) is 0 Å². The number of hydrogen-bond acceptors (Lipinski definition) is 3. The van der Waals surface area contributed by atoms with E-state index in [4.69, 9.17) is 11.6 Å². The van der Waals surface area contributed by atoms with Crippen molar-refractivity contribution < 1.29 is 18.7 Å². The second kappa shape index (κ2) is 4.35. The van der Waals surface area contributed by atoms with Crippen LogP contribution in [0.2, 0.25) is 0 Å². The molecule has 0 spiro atoms. The lowest BCUT2D eigenvalue weighted by atomic mass is 10.2. The van der Waals surface area contributed by atoms with E-state index in [9.17, 15) is 18.7 Å². The molecule has 76 valence electrons. The molecule has 0 radical (unpaired) electrons. The van der Waals surface area contributed by atoms with Crippen molar-refractivity contribution >= 4 is 39.4 Å². The predicted octanol–water partition coefficient (Wildman–Crippen LogP) is 2.71. The summed E-state index contributed by atoms with van der Waals surface area (Å²) in [7, 11) is 0. The Hall–Kier alpha value is -0.500. The third kappa shape index (κ3) is 2.30. The fourth-order valence-electron chi connectivity index (χ4n) is 0.829.